The number of para-hydroxylation sites is 1. The maximum absolute atomic E-state index is 13.7. The molecule has 0 aliphatic heterocycles. The Morgan fingerprint density at radius 1 is 0.727 bits per heavy atom. The van der Waals surface area contributed by atoms with Crippen molar-refractivity contribution in [3.63, 3.8) is 0 Å². The smallest absolute Gasteiger partial charge is 0.326 e. The van der Waals surface area contributed by atoms with Crippen LogP contribution in [-0.4, -0.2) is 69.2 Å². The first-order valence-corrected chi connectivity index (χ1v) is 14.3. The maximum atomic E-state index is 13.7. The number of nitrogens with one attached hydrogen (secondary N) is 4. The van der Waals surface area contributed by atoms with Gasteiger partial charge in [0.05, 0.1) is 12.1 Å². The van der Waals surface area contributed by atoms with Crippen molar-refractivity contribution in [2.45, 2.75) is 56.5 Å². The Hall–Kier alpha value is -5.00. The number of H-pyrrole nitrogens is 1. The Labute approximate surface area is 254 Å². The normalized spacial score (nSPS) is 14.5. The molecule has 4 aromatic rings. The van der Waals surface area contributed by atoms with E-state index in [-0.39, 0.29) is 19.3 Å². The fourth-order valence-corrected chi connectivity index (χ4v) is 4.94. The Morgan fingerprint density at radius 2 is 1.30 bits per heavy atom. The monoisotopic (exact) mass is 599 g/mol. The molecule has 0 bridgehead atoms. The molecule has 0 aliphatic rings. The Morgan fingerprint density at radius 3 is 1.91 bits per heavy atom. The van der Waals surface area contributed by atoms with Crippen LogP contribution < -0.4 is 21.7 Å². The molecule has 3 aromatic carbocycles. The molecule has 11 nitrogen and oxygen atoms in total. The molecule has 0 spiro atoms. The van der Waals surface area contributed by atoms with Crippen molar-refractivity contribution in [1.82, 2.24) is 20.9 Å². The number of aliphatic hydroxyl groups is 1. The standard InChI is InChI=1S/C33H37N5O6/c1-20(39)29(32(42)37-28(33(43)44)17-22-12-6-3-7-13-22)38-31(41)27(18-23-19-35-26-15-9-8-14-24(23)26)36-30(40)25(34)16-21-10-4-2-5-11-21/h2-15,19-20,25,27-29,35,39H,16-18,34H2,1H3,(H,36,40)(H,37,42)(H,38,41)(H,43,44). The van der Waals surface area contributed by atoms with E-state index in [1.807, 2.05) is 54.6 Å². The highest BCUT2D eigenvalue weighted by Crippen LogP contribution is 2.19. The number of hydrogen-bond donors (Lipinski definition) is 7. The van der Waals surface area contributed by atoms with E-state index in [2.05, 4.69) is 20.9 Å². The number of aliphatic carboxylic acids is 1. The Kier molecular flexibility index (Phi) is 10.8. The summed E-state index contributed by atoms with van der Waals surface area (Å²) in [7, 11) is 0. The summed E-state index contributed by atoms with van der Waals surface area (Å²) in [5.74, 6) is -3.46. The van der Waals surface area contributed by atoms with Crippen LogP contribution in [0.2, 0.25) is 0 Å². The van der Waals surface area contributed by atoms with Crippen LogP contribution in [0.15, 0.2) is 91.1 Å². The fraction of sp³-hybridized carbons (Fsp3) is 0.273. The molecule has 0 radical (unpaired) electrons. The highest BCUT2D eigenvalue weighted by Gasteiger charge is 2.33. The third-order valence-electron chi connectivity index (χ3n) is 7.33. The average molecular weight is 600 g/mol. The van der Waals surface area contributed by atoms with Gasteiger partial charge in [-0.05, 0) is 36.1 Å². The van der Waals surface area contributed by atoms with Crippen LogP contribution in [0.4, 0.5) is 0 Å². The van der Waals surface area contributed by atoms with Gasteiger partial charge in [0, 0.05) is 29.9 Å². The molecule has 5 atom stereocenters. The van der Waals surface area contributed by atoms with Gasteiger partial charge in [-0.3, -0.25) is 14.4 Å². The third kappa shape index (κ3) is 8.52. The van der Waals surface area contributed by atoms with Gasteiger partial charge in [-0.2, -0.15) is 0 Å². The van der Waals surface area contributed by atoms with Crippen molar-refractivity contribution >= 4 is 34.6 Å². The van der Waals surface area contributed by atoms with Gasteiger partial charge in [0.25, 0.3) is 0 Å². The van der Waals surface area contributed by atoms with E-state index in [0.717, 1.165) is 22.0 Å². The van der Waals surface area contributed by atoms with Crippen molar-refractivity contribution in [3.05, 3.63) is 108 Å². The largest absolute Gasteiger partial charge is 0.480 e. The summed E-state index contributed by atoms with van der Waals surface area (Å²) in [6.07, 6.45) is 0.654. The Balaban J connectivity index is 1.52. The van der Waals surface area contributed by atoms with Gasteiger partial charge in [0.2, 0.25) is 17.7 Å². The molecule has 4 rings (SSSR count). The van der Waals surface area contributed by atoms with E-state index in [9.17, 15) is 29.4 Å². The lowest BCUT2D eigenvalue weighted by Crippen LogP contribution is -2.60. The Bertz CT molecular complexity index is 1570. The van der Waals surface area contributed by atoms with E-state index in [4.69, 9.17) is 5.73 Å². The fourth-order valence-electron chi connectivity index (χ4n) is 4.94. The number of fused-ring (bicyclic) bond motifs is 1. The second kappa shape index (κ2) is 14.9. The predicted molar refractivity (Wildman–Crippen MR) is 165 cm³/mol. The van der Waals surface area contributed by atoms with Gasteiger partial charge >= 0.3 is 5.97 Å². The summed E-state index contributed by atoms with van der Waals surface area (Å²) in [6, 6.07) is 20.5. The van der Waals surface area contributed by atoms with Gasteiger partial charge in [0.15, 0.2) is 0 Å². The van der Waals surface area contributed by atoms with Crippen molar-refractivity contribution in [1.29, 1.82) is 0 Å². The van der Waals surface area contributed by atoms with Gasteiger partial charge in [0.1, 0.15) is 18.1 Å². The first kappa shape index (κ1) is 31.9. The topological polar surface area (TPSA) is 187 Å². The van der Waals surface area contributed by atoms with Crippen LogP contribution in [0.5, 0.6) is 0 Å². The summed E-state index contributed by atoms with van der Waals surface area (Å²) >= 11 is 0. The molecular formula is C33H37N5O6. The molecule has 0 aliphatic carbocycles. The highest BCUT2D eigenvalue weighted by atomic mass is 16.4. The molecule has 230 valence electrons. The number of rotatable bonds is 14. The second-order valence-electron chi connectivity index (χ2n) is 10.7. The zero-order valence-corrected chi connectivity index (χ0v) is 24.3. The number of aliphatic hydroxyl groups excluding tert-OH is 1. The van der Waals surface area contributed by atoms with Crippen LogP contribution in [0.1, 0.15) is 23.6 Å². The molecule has 1 heterocycles. The number of nitrogens with two attached hydrogens (primary N) is 1. The minimum atomic E-state index is -1.50. The maximum Gasteiger partial charge on any atom is 0.326 e. The summed E-state index contributed by atoms with van der Waals surface area (Å²) < 4.78 is 0. The molecule has 8 N–H and O–H groups in total. The SMILES string of the molecule is CC(O)C(NC(=O)C(Cc1c[nH]c2ccccc12)NC(=O)C(N)Cc1ccccc1)C(=O)NC(Cc1ccccc1)C(=O)O. The van der Waals surface area contributed by atoms with Crippen LogP contribution in [0, 0.1) is 0 Å². The van der Waals surface area contributed by atoms with E-state index in [1.165, 1.54) is 6.92 Å². The van der Waals surface area contributed by atoms with Gasteiger partial charge < -0.3 is 36.9 Å². The molecule has 11 heteroatoms. The number of hydrogen-bond acceptors (Lipinski definition) is 6. The first-order valence-electron chi connectivity index (χ1n) is 14.3. The highest BCUT2D eigenvalue weighted by molar-refractivity contribution is 5.95. The number of carbonyl (C=O) groups excluding carboxylic acids is 3. The zero-order chi connectivity index (χ0) is 31.6. The molecule has 0 saturated carbocycles. The van der Waals surface area contributed by atoms with E-state index < -0.39 is 54.0 Å². The number of aromatic nitrogens is 1. The lowest BCUT2D eigenvalue weighted by atomic mass is 10.0. The van der Waals surface area contributed by atoms with Crippen LogP contribution in [-0.2, 0) is 38.4 Å². The van der Waals surface area contributed by atoms with Crippen molar-refractivity contribution in [3.8, 4) is 0 Å². The van der Waals surface area contributed by atoms with Crippen LogP contribution >= 0.6 is 0 Å². The van der Waals surface area contributed by atoms with Crippen LogP contribution in [0.3, 0.4) is 0 Å². The second-order valence-corrected chi connectivity index (χ2v) is 10.7. The molecule has 3 amide bonds. The molecular weight excluding hydrogens is 562 g/mol. The van der Waals surface area contributed by atoms with Crippen LogP contribution in [0.25, 0.3) is 10.9 Å². The summed E-state index contributed by atoms with van der Waals surface area (Å²) in [5.41, 5.74) is 9.31. The van der Waals surface area contributed by atoms with E-state index in [0.29, 0.717) is 5.56 Å². The zero-order valence-electron chi connectivity index (χ0n) is 24.3. The minimum absolute atomic E-state index is 0.000931. The van der Waals surface area contributed by atoms with Gasteiger partial charge in [-0.1, -0.05) is 78.9 Å². The molecule has 0 fully saturated rings. The van der Waals surface area contributed by atoms with Gasteiger partial charge in [-0.25, -0.2) is 4.79 Å². The van der Waals surface area contributed by atoms with Crippen molar-refractivity contribution in [2.75, 3.05) is 0 Å². The van der Waals surface area contributed by atoms with E-state index >= 15 is 0 Å². The third-order valence-corrected chi connectivity index (χ3v) is 7.33. The van der Waals surface area contributed by atoms with Crippen molar-refractivity contribution < 1.29 is 29.4 Å². The summed E-state index contributed by atoms with van der Waals surface area (Å²) in [6.45, 7) is 1.31. The quantitative estimate of drug-likeness (QED) is 0.114. The minimum Gasteiger partial charge on any atom is -0.480 e. The number of benzene rings is 3. The summed E-state index contributed by atoms with van der Waals surface area (Å²) in [4.78, 5) is 55.1. The number of carboxylic acid groups (broad SMARTS) is 1. The van der Waals surface area contributed by atoms with Crippen molar-refractivity contribution in [2.24, 2.45) is 5.73 Å². The lowest BCUT2D eigenvalue weighted by Gasteiger charge is -2.26. The molecule has 44 heavy (non-hydrogen) atoms. The average Bonchev–Trinajstić information content (AvgIpc) is 3.42. The van der Waals surface area contributed by atoms with E-state index in [1.54, 1.807) is 36.5 Å². The molecule has 1 aromatic heterocycles. The number of carboxylic acids is 1. The number of amides is 3. The molecule has 0 saturated heterocycles. The molecule has 5 unspecified atom stereocenters. The number of aromatic amines is 1. The number of carbonyl (C=O) groups is 4. The first-order chi connectivity index (χ1) is 21.1. The van der Waals surface area contributed by atoms with Gasteiger partial charge in [-0.15, -0.1) is 0 Å². The lowest BCUT2D eigenvalue weighted by molar-refractivity contribution is -0.143. The predicted octanol–water partition coefficient (Wildman–Crippen LogP) is 1.44. The summed E-state index contributed by atoms with van der Waals surface area (Å²) in [5, 5.41) is 28.7.